The second-order valence-corrected chi connectivity index (χ2v) is 4.60. The number of hydrogen-bond donors (Lipinski definition) is 2. The van der Waals surface area contributed by atoms with Gasteiger partial charge in [0.2, 0.25) is 0 Å². The molecule has 3 heteroatoms. The average molecular weight is 205 g/mol. The van der Waals surface area contributed by atoms with Gasteiger partial charge >= 0.3 is 0 Å². The molecule has 1 aromatic rings. The lowest BCUT2D eigenvalue weighted by atomic mass is 9.90. The summed E-state index contributed by atoms with van der Waals surface area (Å²) in [6, 6.07) is 6.12. The number of rotatable bonds is 2. The van der Waals surface area contributed by atoms with E-state index in [9.17, 15) is 0 Å². The number of pyridine rings is 1. The zero-order chi connectivity index (χ0) is 10.7. The number of hydrogen-bond acceptors (Lipinski definition) is 3. The fourth-order valence-corrected chi connectivity index (χ4v) is 2.03. The Kier molecular flexibility index (Phi) is 2.91. The van der Waals surface area contributed by atoms with E-state index in [1.165, 1.54) is 0 Å². The van der Waals surface area contributed by atoms with Crippen molar-refractivity contribution in [1.29, 1.82) is 0 Å². The zero-order valence-electron chi connectivity index (χ0n) is 9.51. The maximum absolute atomic E-state index is 4.48. The van der Waals surface area contributed by atoms with E-state index in [-0.39, 0.29) is 5.54 Å². The van der Waals surface area contributed by atoms with Gasteiger partial charge in [0, 0.05) is 11.2 Å². The number of piperidine rings is 1. The van der Waals surface area contributed by atoms with Gasteiger partial charge in [-0.25, -0.2) is 4.98 Å². The van der Waals surface area contributed by atoms with Crippen molar-refractivity contribution in [3.05, 3.63) is 23.9 Å². The Hall–Kier alpha value is -1.09. The van der Waals surface area contributed by atoms with E-state index >= 15 is 0 Å². The van der Waals surface area contributed by atoms with Crippen molar-refractivity contribution in [2.24, 2.45) is 0 Å². The van der Waals surface area contributed by atoms with Crippen LogP contribution in [0, 0.1) is 6.92 Å². The highest BCUT2D eigenvalue weighted by Gasteiger charge is 2.26. The van der Waals surface area contributed by atoms with Gasteiger partial charge in [-0.3, -0.25) is 0 Å². The normalized spacial score (nSPS) is 19.9. The molecule has 1 saturated heterocycles. The van der Waals surface area contributed by atoms with E-state index in [4.69, 9.17) is 0 Å². The van der Waals surface area contributed by atoms with Crippen molar-refractivity contribution in [3.8, 4) is 0 Å². The molecule has 0 spiro atoms. The highest BCUT2D eigenvalue weighted by Crippen LogP contribution is 2.22. The highest BCUT2D eigenvalue weighted by molar-refractivity contribution is 5.38. The van der Waals surface area contributed by atoms with E-state index in [1.807, 2.05) is 19.1 Å². The molecule has 0 saturated carbocycles. The Morgan fingerprint density at radius 2 is 2.07 bits per heavy atom. The average Bonchev–Trinajstić information content (AvgIpc) is 2.18. The van der Waals surface area contributed by atoms with Gasteiger partial charge in [0.1, 0.15) is 5.82 Å². The summed E-state index contributed by atoms with van der Waals surface area (Å²) in [5.74, 6) is 0.999. The molecular weight excluding hydrogens is 186 g/mol. The molecular formula is C12H19N3. The summed E-state index contributed by atoms with van der Waals surface area (Å²) < 4.78 is 0. The maximum Gasteiger partial charge on any atom is 0.126 e. The van der Waals surface area contributed by atoms with Crippen molar-refractivity contribution < 1.29 is 0 Å². The first-order chi connectivity index (χ1) is 7.18. The minimum absolute atomic E-state index is 0.200. The lowest BCUT2D eigenvalue weighted by molar-refractivity contribution is 0.364. The van der Waals surface area contributed by atoms with Crippen LogP contribution in [-0.2, 0) is 0 Å². The maximum atomic E-state index is 4.48. The quantitative estimate of drug-likeness (QED) is 0.775. The van der Waals surface area contributed by atoms with Gasteiger partial charge in [-0.1, -0.05) is 6.07 Å². The third kappa shape index (κ3) is 2.69. The fraction of sp³-hybridized carbons (Fsp3) is 0.583. The number of nitrogens with zero attached hydrogens (tertiary/aromatic N) is 1. The van der Waals surface area contributed by atoms with Crippen LogP contribution in [0.2, 0.25) is 0 Å². The summed E-state index contributed by atoms with van der Waals surface area (Å²) in [4.78, 5) is 4.48. The van der Waals surface area contributed by atoms with Crippen molar-refractivity contribution in [1.82, 2.24) is 10.3 Å². The van der Waals surface area contributed by atoms with Crippen LogP contribution < -0.4 is 10.6 Å². The lowest BCUT2D eigenvalue weighted by Gasteiger charge is -2.35. The molecule has 0 aliphatic carbocycles. The minimum Gasteiger partial charge on any atom is -0.365 e. The Balaban J connectivity index is 2.06. The molecule has 3 nitrogen and oxygen atoms in total. The van der Waals surface area contributed by atoms with Crippen LogP contribution in [0.15, 0.2) is 18.2 Å². The Bertz CT molecular complexity index is 329. The topological polar surface area (TPSA) is 37.0 Å². The molecule has 15 heavy (non-hydrogen) atoms. The van der Waals surface area contributed by atoms with Gasteiger partial charge in [-0.2, -0.15) is 0 Å². The first-order valence-corrected chi connectivity index (χ1v) is 5.61. The van der Waals surface area contributed by atoms with Crippen LogP contribution in [-0.4, -0.2) is 23.6 Å². The predicted octanol–water partition coefficient (Wildman–Crippen LogP) is 1.94. The molecule has 2 heterocycles. The minimum atomic E-state index is 0.200. The predicted molar refractivity (Wildman–Crippen MR) is 63.1 cm³/mol. The van der Waals surface area contributed by atoms with Crippen LogP contribution in [0.4, 0.5) is 5.82 Å². The van der Waals surface area contributed by atoms with Crippen LogP contribution in [0.3, 0.4) is 0 Å². The van der Waals surface area contributed by atoms with E-state index in [2.05, 4.69) is 28.6 Å². The van der Waals surface area contributed by atoms with Crippen molar-refractivity contribution >= 4 is 5.82 Å². The van der Waals surface area contributed by atoms with E-state index in [1.54, 1.807) is 0 Å². The smallest absolute Gasteiger partial charge is 0.126 e. The van der Waals surface area contributed by atoms with Crippen LogP contribution in [0.5, 0.6) is 0 Å². The van der Waals surface area contributed by atoms with Gasteiger partial charge in [-0.05, 0) is 51.9 Å². The molecule has 2 N–H and O–H groups in total. The summed E-state index contributed by atoms with van der Waals surface area (Å²) in [7, 11) is 0. The largest absolute Gasteiger partial charge is 0.365 e. The molecule has 0 atom stereocenters. The molecule has 1 aliphatic rings. The summed E-state index contributed by atoms with van der Waals surface area (Å²) in [6.45, 7) is 6.48. The molecule has 0 radical (unpaired) electrons. The summed E-state index contributed by atoms with van der Waals surface area (Å²) in [5.41, 5.74) is 1.27. The van der Waals surface area contributed by atoms with Gasteiger partial charge in [-0.15, -0.1) is 0 Å². The summed E-state index contributed by atoms with van der Waals surface area (Å²) >= 11 is 0. The molecule has 0 unspecified atom stereocenters. The zero-order valence-corrected chi connectivity index (χ0v) is 9.51. The molecule has 0 amide bonds. The molecule has 82 valence electrons. The summed E-state index contributed by atoms with van der Waals surface area (Å²) in [5, 5.41) is 6.92. The monoisotopic (exact) mass is 205 g/mol. The number of nitrogens with one attached hydrogen (secondary N) is 2. The Labute approximate surface area is 91.3 Å². The van der Waals surface area contributed by atoms with E-state index in [0.29, 0.717) is 0 Å². The van der Waals surface area contributed by atoms with Crippen molar-refractivity contribution in [2.45, 2.75) is 32.2 Å². The standard InChI is InChI=1S/C12H19N3/c1-10-4-3-5-11(14-10)15-12(2)6-8-13-9-7-12/h3-5,13H,6-9H2,1-2H3,(H,14,15). The first kappa shape index (κ1) is 10.4. The molecule has 1 aliphatic heterocycles. The Morgan fingerprint density at radius 1 is 1.33 bits per heavy atom. The molecule has 0 aromatic carbocycles. The van der Waals surface area contributed by atoms with Crippen molar-refractivity contribution in [2.75, 3.05) is 18.4 Å². The van der Waals surface area contributed by atoms with Gasteiger partial charge in [0.25, 0.3) is 0 Å². The van der Waals surface area contributed by atoms with Crippen LogP contribution in [0.25, 0.3) is 0 Å². The second-order valence-electron chi connectivity index (χ2n) is 4.60. The number of anilines is 1. The second kappa shape index (κ2) is 4.19. The third-order valence-electron chi connectivity index (χ3n) is 3.03. The number of aryl methyl sites for hydroxylation is 1. The lowest BCUT2D eigenvalue weighted by Crippen LogP contribution is -2.45. The SMILES string of the molecule is Cc1cccc(NC2(C)CCNCC2)n1. The van der Waals surface area contributed by atoms with E-state index in [0.717, 1.165) is 37.4 Å². The number of aromatic nitrogens is 1. The van der Waals surface area contributed by atoms with E-state index < -0.39 is 0 Å². The third-order valence-corrected chi connectivity index (χ3v) is 3.03. The van der Waals surface area contributed by atoms with Gasteiger partial charge < -0.3 is 10.6 Å². The Morgan fingerprint density at radius 3 is 2.73 bits per heavy atom. The summed E-state index contributed by atoms with van der Waals surface area (Å²) in [6.07, 6.45) is 2.31. The molecule has 0 bridgehead atoms. The van der Waals surface area contributed by atoms with Crippen LogP contribution in [0.1, 0.15) is 25.5 Å². The fourth-order valence-electron chi connectivity index (χ4n) is 2.03. The molecule has 2 rings (SSSR count). The highest BCUT2D eigenvalue weighted by atomic mass is 15.1. The van der Waals surface area contributed by atoms with Gasteiger partial charge in [0.05, 0.1) is 0 Å². The van der Waals surface area contributed by atoms with Crippen molar-refractivity contribution in [3.63, 3.8) is 0 Å². The first-order valence-electron chi connectivity index (χ1n) is 5.61. The molecule has 1 fully saturated rings. The van der Waals surface area contributed by atoms with Gasteiger partial charge in [0.15, 0.2) is 0 Å². The molecule has 1 aromatic heterocycles. The van der Waals surface area contributed by atoms with Crippen LogP contribution >= 0.6 is 0 Å².